The van der Waals surface area contributed by atoms with Crippen molar-refractivity contribution >= 4 is 17.7 Å². The maximum atomic E-state index is 11.0. The van der Waals surface area contributed by atoms with Crippen molar-refractivity contribution in [2.45, 2.75) is 0 Å². The maximum Gasteiger partial charge on any atom is 0.267 e. The molecule has 1 amide bonds. The van der Waals surface area contributed by atoms with Crippen LogP contribution >= 0.6 is 0 Å². The number of nitrogens with zero attached hydrogens (tertiary/aromatic N) is 2. The number of carbonyl (C=O) groups is 1. The minimum absolute atomic E-state index is 0.111. The van der Waals surface area contributed by atoms with Crippen LogP contribution in [-0.2, 0) is 4.79 Å². The second kappa shape index (κ2) is 5.57. The number of hydrogen-bond donors (Lipinski definition) is 1. The van der Waals surface area contributed by atoms with Gasteiger partial charge in [0.1, 0.15) is 17.2 Å². The summed E-state index contributed by atoms with van der Waals surface area (Å²) in [6.45, 7) is 0. The summed E-state index contributed by atoms with van der Waals surface area (Å²) >= 11 is 0. The van der Waals surface area contributed by atoms with Crippen LogP contribution in [0.15, 0.2) is 47.6 Å². The molecule has 6 heteroatoms. The van der Waals surface area contributed by atoms with E-state index in [2.05, 4.69) is 9.98 Å². The first kappa shape index (κ1) is 12.5. The van der Waals surface area contributed by atoms with E-state index in [4.69, 9.17) is 10.5 Å². The number of aliphatic imine (C=N–C) groups is 1. The molecule has 0 fully saturated rings. The SMILES string of the molecule is NC(=O)c1cc(Oc2cccc(N=C=O)c2)ccn1. The van der Waals surface area contributed by atoms with Crippen molar-refractivity contribution in [3.63, 3.8) is 0 Å². The average Bonchev–Trinajstić information content (AvgIpc) is 2.40. The Hall–Kier alpha value is -2.98. The molecule has 2 aromatic rings. The van der Waals surface area contributed by atoms with E-state index in [9.17, 15) is 9.59 Å². The lowest BCUT2D eigenvalue weighted by atomic mass is 10.3. The van der Waals surface area contributed by atoms with Gasteiger partial charge in [-0.15, -0.1) is 0 Å². The lowest BCUT2D eigenvalue weighted by Crippen LogP contribution is -2.12. The largest absolute Gasteiger partial charge is 0.457 e. The van der Waals surface area contributed by atoms with Crippen LogP contribution in [0.1, 0.15) is 10.5 Å². The number of hydrogen-bond acceptors (Lipinski definition) is 5. The predicted molar refractivity (Wildman–Crippen MR) is 67.1 cm³/mol. The van der Waals surface area contributed by atoms with E-state index in [1.165, 1.54) is 18.3 Å². The Morgan fingerprint density at radius 1 is 1.26 bits per heavy atom. The summed E-state index contributed by atoms with van der Waals surface area (Å²) in [4.78, 5) is 28.4. The fourth-order valence-electron chi connectivity index (χ4n) is 1.41. The van der Waals surface area contributed by atoms with Gasteiger partial charge in [0.2, 0.25) is 6.08 Å². The average molecular weight is 255 g/mol. The second-order valence-electron chi connectivity index (χ2n) is 3.54. The van der Waals surface area contributed by atoms with Crippen LogP contribution < -0.4 is 10.5 Å². The van der Waals surface area contributed by atoms with Crippen LogP contribution in [0.3, 0.4) is 0 Å². The number of aromatic nitrogens is 1. The Bertz CT molecular complexity index is 620. The van der Waals surface area contributed by atoms with Gasteiger partial charge >= 0.3 is 0 Å². The Labute approximate surface area is 108 Å². The van der Waals surface area contributed by atoms with Crippen molar-refractivity contribution in [2.24, 2.45) is 10.7 Å². The zero-order valence-electron chi connectivity index (χ0n) is 9.74. The first-order chi connectivity index (χ1) is 9.19. The molecule has 2 N–H and O–H groups in total. The van der Waals surface area contributed by atoms with Crippen LogP contribution in [0.2, 0.25) is 0 Å². The van der Waals surface area contributed by atoms with Crippen LogP contribution in [0.5, 0.6) is 11.5 Å². The Morgan fingerprint density at radius 3 is 2.79 bits per heavy atom. The maximum absolute atomic E-state index is 11.0. The van der Waals surface area contributed by atoms with Gasteiger partial charge in [-0.25, -0.2) is 4.79 Å². The standard InChI is InChI=1S/C13H9N3O3/c14-13(18)12-7-11(4-5-15-12)19-10-3-1-2-9(6-10)16-8-17/h1-7H,(H2,14,18). The van der Waals surface area contributed by atoms with Gasteiger partial charge in [0, 0.05) is 18.3 Å². The van der Waals surface area contributed by atoms with Gasteiger partial charge < -0.3 is 10.5 Å². The van der Waals surface area contributed by atoms with Crippen molar-refractivity contribution < 1.29 is 14.3 Å². The van der Waals surface area contributed by atoms with Crippen molar-refractivity contribution in [2.75, 3.05) is 0 Å². The lowest BCUT2D eigenvalue weighted by molar-refractivity contribution is 0.0995. The van der Waals surface area contributed by atoms with Gasteiger partial charge in [-0.05, 0) is 18.2 Å². The van der Waals surface area contributed by atoms with E-state index in [-0.39, 0.29) is 5.69 Å². The molecule has 6 nitrogen and oxygen atoms in total. The first-order valence-electron chi connectivity index (χ1n) is 5.30. The highest BCUT2D eigenvalue weighted by atomic mass is 16.5. The number of nitrogens with two attached hydrogens (primary N) is 1. The molecule has 0 saturated carbocycles. The van der Waals surface area contributed by atoms with E-state index in [0.717, 1.165) is 0 Å². The summed E-state index contributed by atoms with van der Waals surface area (Å²) in [6.07, 6.45) is 2.87. The Balaban J connectivity index is 2.25. The van der Waals surface area contributed by atoms with E-state index in [0.29, 0.717) is 17.2 Å². The van der Waals surface area contributed by atoms with Gasteiger partial charge in [-0.2, -0.15) is 4.99 Å². The molecule has 1 heterocycles. The predicted octanol–water partition coefficient (Wildman–Crippen LogP) is 1.94. The number of amides is 1. The number of carbonyl (C=O) groups excluding carboxylic acids is 2. The third kappa shape index (κ3) is 3.24. The molecule has 2 rings (SSSR count). The number of rotatable bonds is 4. The fraction of sp³-hybridized carbons (Fsp3) is 0. The topological polar surface area (TPSA) is 94.6 Å². The van der Waals surface area contributed by atoms with Crippen molar-refractivity contribution in [1.82, 2.24) is 4.98 Å². The quantitative estimate of drug-likeness (QED) is 0.667. The minimum atomic E-state index is -0.634. The molecule has 94 valence electrons. The molecule has 0 atom stereocenters. The number of primary amides is 1. The molecule has 0 aliphatic carbocycles. The summed E-state index contributed by atoms with van der Waals surface area (Å²) in [5.41, 5.74) is 5.66. The molecule has 0 bridgehead atoms. The molecule has 1 aromatic heterocycles. The molecule has 0 radical (unpaired) electrons. The van der Waals surface area contributed by atoms with Gasteiger partial charge in [-0.3, -0.25) is 9.78 Å². The summed E-state index contributed by atoms with van der Waals surface area (Å²) in [6, 6.07) is 9.59. The second-order valence-corrected chi connectivity index (χ2v) is 3.54. The van der Waals surface area contributed by atoms with Crippen LogP contribution in [0, 0.1) is 0 Å². The first-order valence-corrected chi connectivity index (χ1v) is 5.30. The monoisotopic (exact) mass is 255 g/mol. The number of isocyanates is 1. The molecular weight excluding hydrogens is 246 g/mol. The normalized spacial score (nSPS) is 9.47. The van der Waals surface area contributed by atoms with Crippen molar-refractivity contribution in [3.8, 4) is 11.5 Å². The van der Waals surface area contributed by atoms with E-state index in [1.807, 2.05) is 0 Å². The number of ether oxygens (including phenoxy) is 1. The van der Waals surface area contributed by atoms with Crippen LogP contribution in [0.4, 0.5) is 5.69 Å². The summed E-state index contributed by atoms with van der Waals surface area (Å²) in [7, 11) is 0. The molecule has 0 spiro atoms. The highest BCUT2D eigenvalue weighted by Gasteiger charge is 2.05. The van der Waals surface area contributed by atoms with Crippen molar-refractivity contribution in [3.05, 3.63) is 48.3 Å². The number of benzene rings is 1. The Kier molecular flexibility index (Phi) is 3.66. The third-order valence-corrected chi connectivity index (χ3v) is 2.21. The Morgan fingerprint density at radius 2 is 2.05 bits per heavy atom. The summed E-state index contributed by atoms with van der Waals surface area (Å²) in [5, 5.41) is 0. The van der Waals surface area contributed by atoms with E-state index in [1.54, 1.807) is 30.3 Å². The van der Waals surface area contributed by atoms with Gasteiger partial charge in [-0.1, -0.05) is 6.07 Å². The van der Waals surface area contributed by atoms with Gasteiger partial charge in [0.05, 0.1) is 5.69 Å². The highest BCUT2D eigenvalue weighted by Crippen LogP contribution is 2.25. The smallest absolute Gasteiger partial charge is 0.267 e. The molecule has 0 aliphatic rings. The van der Waals surface area contributed by atoms with Gasteiger partial charge in [0.25, 0.3) is 5.91 Å². The third-order valence-electron chi connectivity index (χ3n) is 2.21. The zero-order valence-corrected chi connectivity index (χ0v) is 9.74. The fourth-order valence-corrected chi connectivity index (χ4v) is 1.41. The summed E-state index contributed by atoms with van der Waals surface area (Å²) in [5.74, 6) is 0.249. The molecule has 0 saturated heterocycles. The minimum Gasteiger partial charge on any atom is -0.457 e. The molecule has 0 unspecified atom stereocenters. The van der Waals surface area contributed by atoms with E-state index >= 15 is 0 Å². The highest BCUT2D eigenvalue weighted by molar-refractivity contribution is 5.91. The van der Waals surface area contributed by atoms with Gasteiger partial charge in [0.15, 0.2) is 0 Å². The number of pyridine rings is 1. The van der Waals surface area contributed by atoms with Crippen LogP contribution in [0.25, 0.3) is 0 Å². The van der Waals surface area contributed by atoms with Crippen molar-refractivity contribution in [1.29, 1.82) is 0 Å². The molecular formula is C13H9N3O3. The van der Waals surface area contributed by atoms with E-state index < -0.39 is 5.91 Å². The molecule has 0 aliphatic heterocycles. The van der Waals surface area contributed by atoms with Crippen LogP contribution in [-0.4, -0.2) is 17.0 Å². The lowest BCUT2D eigenvalue weighted by Gasteiger charge is -2.06. The molecule has 19 heavy (non-hydrogen) atoms. The molecule has 1 aromatic carbocycles. The summed E-state index contributed by atoms with van der Waals surface area (Å²) < 4.78 is 5.52. The zero-order chi connectivity index (χ0) is 13.7.